The lowest BCUT2D eigenvalue weighted by Crippen LogP contribution is -2.22. The van der Waals surface area contributed by atoms with Crippen molar-refractivity contribution in [2.75, 3.05) is 19.7 Å². The molecule has 0 aliphatic rings. The lowest BCUT2D eigenvalue weighted by Gasteiger charge is -2.12. The van der Waals surface area contributed by atoms with Crippen LogP contribution in [-0.4, -0.2) is 30.8 Å². The molecule has 0 aliphatic heterocycles. The van der Waals surface area contributed by atoms with E-state index in [1.165, 1.54) is 0 Å². The predicted octanol–water partition coefficient (Wildman–Crippen LogP) is 2.85. The van der Waals surface area contributed by atoms with E-state index in [1.807, 2.05) is 37.3 Å². The molecule has 1 aromatic rings. The number of benzene rings is 1. The summed E-state index contributed by atoms with van der Waals surface area (Å²) >= 11 is 0. The van der Waals surface area contributed by atoms with Gasteiger partial charge in [0, 0.05) is 13.0 Å². The average Bonchev–Trinajstić information content (AvgIpc) is 2.47. The van der Waals surface area contributed by atoms with E-state index in [4.69, 9.17) is 4.74 Å². The Hall–Kier alpha value is -1.10. The molecule has 1 aromatic carbocycles. The van der Waals surface area contributed by atoms with E-state index in [9.17, 15) is 9.90 Å². The Morgan fingerprint density at radius 3 is 2.62 bits per heavy atom. The van der Waals surface area contributed by atoms with Crippen LogP contribution in [0.25, 0.3) is 0 Å². The van der Waals surface area contributed by atoms with Crippen LogP contribution in [0.4, 0.5) is 0 Å². The summed E-state index contributed by atoms with van der Waals surface area (Å²) in [5, 5.41) is 13.2. The van der Waals surface area contributed by atoms with Crippen LogP contribution in [0.1, 0.15) is 44.3 Å². The molecule has 0 heterocycles. The number of hydrogen-bond donors (Lipinski definition) is 2. The molecule has 0 saturated carbocycles. The van der Waals surface area contributed by atoms with E-state index >= 15 is 0 Å². The number of unbranched alkanes of at least 4 members (excludes halogenated alkanes) is 2. The summed E-state index contributed by atoms with van der Waals surface area (Å²) in [6, 6.07) is 9.63. The first-order chi connectivity index (χ1) is 9.74. The number of nitrogens with one attached hydrogen (secondary N) is 1. The zero-order valence-corrected chi connectivity index (χ0v) is 13.4. The van der Waals surface area contributed by atoms with Gasteiger partial charge in [0.2, 0.25) is 0 Å². The summed E-state index contributed by atoms with van der Waals surface area (Å²) in [6.07, 6.45) is 2.90. The van der Waals surface area contributed by atoms with Crippen molar-refractivity contribution in [2.45, 2.75) is 38.7 Å². The van der Waals surface area contributed by atoms with Gasteiger partial charge in [0.1, 0.15) is 0 Å². The minimum atomic E-state index is -0.462. The van der Waals surface area contributed by atoms with Gasteiger partial charge in [-0.25, -0.2) is 0 Å². The van der Waals surface area contributed by atoms with Crippen LogP contribution in [0.2, 0.25) is 0 Å². The van der Waals surface area contributed by atoms with Gasteiger partial charge in [-0.05, 0) is 31.9 Å². The van der Waals surface area contributed by atoms with Gasteiger partial charge in [-0.15, -0.1) is 12.4 Å². The van der Waals surface area contributed by atoms with Crippen LogP contribution in [0.5, 0.6) is 0 Å². The summed E-state index contributed by atoms with van der Waals surface area (Å²) in [5.41, 5.74) is 0.933. The first kappa shape index (κ1) is 19.9. The quantitative estimate of drug-likeness (QED) is 0.515. The smallest absolute Gasteiger partial charge is 0.305 e. The second-order valence-corrected chi connectivity index (χ2v) is 4.75. The molecule has 1 rings (SSSR count). The topological polar surface area (TPSA) is 58.6 Å². The molecule has 0 radical (unpaired) electrons. The normalized spacial score (nSPS) is 11.5. The fourth-order valence-electron chi connectivity index (χ4n) is 1.96. The number of carbonyl (C=O) groups excluding carboxylic acids is 1. The number of carbonyl (C=O) groups is 1. The van der Waals surface area contributed by atoms with Crippen LogP contribution in [0.15, 0.2) is 30.3 Å². The summed E-state index contributed by atoms with van der Waals surface area (Å²) < 4.78 is 4.86. The van der Waals surface area contributed by atoms with E-state index in [1.54, 1.807) is 0 Å². The number of hydrogen-bond acceptors (Lipinski definition) is 4. The van der Waals surface area contributed by atoms with Crippen molar-refractivity contribution >= 4 is 18.4 Å². The third-order valence-corrected chi connectivity index (χ3v) is 3.06. The maximum atomic E-state index is 11.1. The molecule has 0 saturated heterocycles. The molecule has 4 nitrogen and oxygen atoms in total. The zero-order chi connectivity index (χ0) is 14.6. The van der Waals surface area contributed by atoms with Crippen molar-refractivity contribution in [3.8, 4) is 0 Å². The van der Waals surface area contributed by atoms with Crippen molar-refractivity contribution in [3.63, 3.8) is 0 Å². The minimum Gasteiger partial charge on any atom is -0.466 e. The van der Waals surface area contributed by atoms with Gasteiger partial charge in [0.25, 0.3) is 0 Å². The number of halogens is 1. The molecule has 0 bridgehead atoms. The number of ether oxygens (including phenoxy) is 1. The molecular weight excluding hydrogens is 290 g/mol. The fraction of sp³-hybridized carbons (Fsp3) is 0.562. The molecule has 0 spiro atoms. The number of aliphatic hydroxyl groups is 1. The molecule has 0 aliphatic carbocycles. The molecule has 0 aromatic heterocycles. The number of aliphatic hydroxyl groups excluding tert-OH is 1. The van der Waals surface area contributed by atoms with E-state index < -0.39 is 6.10 Å². The average molecular weight is 316 g/mol. The highest BCUT2D eigenvalue weighted by atomic mass is 35.5. The Balaban J connectivity index is 0.00000400. The Labute approximate surface area is 133 Å². The van der Waals surface area contributed by atoms with E-state index in [2.05, 4.69) is 5.32 Å². The lowest BCUT2D eigenvalue weighted by atomic mass is 10.1. The Morgan fingerprint density at radius 1 is 1.24 bits per heavy atom. The van der Waals surface area contributed by atoms with Gasteiger partial charge >= 0.3 is 5.97 Å². The maximum Gasteiger partial charge on any atom is 0.305 e. The van der Waals surface area contributed by atoms with E-state index in [-0.39, 0.29) is 18.4 Å². The molecule has 5 heteroatoms. The lowest BCUT2D eigenvalue weighted by molar-refractivity contribution is -0.143. The Kier molecular flexibility index (Phi) is 12.0. The summed E-state index contributed by atoms with van der Waals surface area (Å²) in [4.78, 5) is 11.1. The molecule has 1 atom stereocenters. The number of rotatable bonds is 10. The molecule has 0 fully saturated rings. The van der Waals surface area contributed by atoms with Gasteiger partial charge in [0.05, 0.1) is 12.7 Å². The van der Waals surface area contributed by atoms with Crippen LogP contribution < -0.4 is 5.32 Å². The monoisotopic (exact) mass is 315 g/mol. The molecular formula is C16H26ClNO3. The third kappa shape index (κ3) is 9.45. The molecule has 2 N–H and O–H groups in total. The van der Waals surface area contributed by atoms with Crippen LogP contribution >= 0.6 is 12.4 Å². The maximum absolute atomic E-state index is 11.1. The van der Waals surface area contributed by atoms with Gasteiger partial charge in [-0.1, -0.05) is 36.8 Å². The minimum absolute atomic E-state index is 0. The van der Waals surface area contributed by atoms with Crippen LogP contribution in [0.3, 0.4) is 0 Å². The highest BCUT2D eigenvalue weighted by Crippen LogP contribution is 2.10. The van der Waals surface area contributed by atoms with Gasteiger partial charge < -0.3 is 15.2 Å². The fourth-order valence-corrected chi connectivity index (χ4v) is 1.96. The Morgan fingerprint density at radius 2 is 1.95 bits per heavy atom. The van der Waals surface area contributed by atoms with Gasteiger partial charge in [0.15, 0.2) is 0 Å². The summed E-state index contributed by atoms with van der Waals surface area (Å²) in [5.74, 6) is -0.111. The van der Waals surface area contributed by atoms with Crippen molar-refractivity contribution in [1.29, 1.82) is 0 Å². The Bertz CT molecular complexity index is 373. The predicted molar refractivity (Wildman–Crippen MR) is 86.6 cm³/mol. The van der Waals surface area contributed by atoms with Crippen molar-refractivity contribution in [2.24, 2.45) is 0 Å². The first-order valence-corrected chi connectivity index (χ1v) is 7.33. The van der Waals surface area contributed by atoms with Crippen molar-refractivity contribution in [3.05, 3.63) is 35.9 Å². The highest BCUT2D eigenvalue weighted by Gasteiger charge is 2.05. The largest absolute Gasteiger partial charge is 0.466 e. The molecule has 21 heavy (non-hydrogen) atoms. The summed E-state index contributed by atoms with van der Waals surface area (Å²) in [7, 11) is 0. The van der Waals surface area contributed by atoms with Crippen LogP contribution in [0, 0.1) is 0 Å². The summed E-state index contributed by atoms with van der Waals surface area (Å²) in [6.45, 7) is 3.69. The molecule has 120 valence electrons. The second kappa shape index (κ2) is 12.6. The van der Waals surface area contributed by atoms with Gasteiger partial charge in [-0.3, -0.25) is 4.79 Å². The zero-order valence-electron chi connectivity index (χ0n) is 12.6. The molecule has 0 amide bonds. The van der Waals surface area contributed by atoms with Crippen LogP contribution in [-0.2, 0) is 9.53 Å². The first-order valence-electron chi connectivity index (χ1n) is 7.33. The standard InChI is InChI=1S/C16H25NO3.ClH/c1-2-20-16(19)11-7-4-8-12-17-13-15(18)14-9-5-3-6-10-14;/h3,5-6,9-10,15,17-18H,2,4,7-8,11-13H2,1H3;1H/t15-;/m0./s1. The molecule has 0 unspecified atom stereocenters. The number of esters is 1. The van der Waals surface area contributed by atoms with Crippen molar-refractivity contribution in [1.82, 2.24) is 5.32 Å². The van der Waals surface area contributed by atoms with E-state index in [0.29, 0.717) is 19.6 Å². The van der Waals surface area contributed by atoms with E-state index in [0.717, 1.165) is 31.4 Å². The van der Waals surface area contributed by atoms with Gasteiger partial charge in [-0.2, -0.15) is 0 Å². The third-order valence-electron chi connectivity index (χ3n) is 3.06. The highest BCUT2D eigenvalue weighted by molar-refractivity contribution is 5.85. The van der Waals surface area contributed by atoms with Crippen molar-refractivity contribution < 1.29 is 14.6 Å². The SMILES string of the molecule is CCOC(=O)CCCCCNC[C@H](O)c1ccccc1.Cl. The second-order valence-electron chi connectivity index (χ2n) is 4.75.